The topological polar surface area (TPSA) is 84.1 Å². The second-order valence-corrected chi connectivity index (χ2v) is 3.44. The Morgan fingerprint density at radius 2 is 2.47 bits per heavy atom. The molecule has 1 aromatic rings. The molecule has 6 heteroatoms. The van der Waals surface area contributed by atoms with Gasteiger partial charge in [-0.25, -0.2) is 4.98 Å². The monoisotopic (exact) mass is 207 g/mol. The Labute approximate surface area is 87.5 Å². The Balaban J connectivity index is 2.26. The van der Waals surface area contributed by atoms with Crippen molar-refractivity contribution < 1.29 is 4.79 Å². The molecule has 0 aromatic carbocycles. The summed E-state index contributed by atoms with van der Waals surface area (Å²) in [7, 11) is 0. The van der Waals surface area contributed by atoms with Gasteiger partial charge in [-0.15, -0.1) is 0 Å². The van der Waals surface area contributed by atoms with Gasteiger partial charge in [0.15, 0.2) is 0 Å². The van der Waals surface area contributed by atoms with Crippen molar-refractivity contribution in [2.75, 3.05) is 23.7 Å². The molecule has 0 saturated carbocycles. The van der Waals surface area contributed by atoms with E-state index in [0.29, 0.717) is 24.9 Å². The molecule has 80 valence electrons. The molecule has 1 fully saturated rings. The van der Waals surface area contributed by atoms with Crippen LogP contribution < -0.4 is 16.0 Å². The number of anilines is 2. The lowest BCUT2D eigenvalue weighted by Crippen LogP contribution is -2.54. The van der Waals surface area contributed by atoms with Crippen molar-refractivity contribution in [2.45, 2.75) is 13.0 Å². The summed E-state index contributed by atoms with van der Waals surface area (Å²) in [5.74, 6) is 0.919. The van der Waals surface area contributed by atoms with Crippen LogP contribution in [0.1, 0.15) is 6.92 Å². The molecule has 0 bridgehead atoms. The highest BCUT2D eigenvalue weighted by molar-refractivity contribution is 5.85. The van der Waals surface area contributed by atoms with Crippen LogP contribution in [0.25, 0.3) is 0 Å². The SMILES string of the molecule is CC1C(=O)NCCN1c1nccc(N)n1. The largest absolute Gasteiger partial charge is 0.384 e. The molecule has 1 aliphatic heterocycles. The summed E-state index contributed by atoms with van der Waals surface area (Å²) in [5.41, 5.74) is 5.57. The Hall–Kier alpha value is -1.85. The van der Waals surface area contributed by atoms with Crippen LogP contribution >= 0.6 is 0 Å². The van der Waals surface area contributed by atoms with Crippen molar-refractivity contribution in [3.8, 4) is 0 Å². The van der Waals surface area contributed by atoms with E-state index in [1.807, 2.05) is 11.8 Å². The fraction of sp³-hybridized carbons (Fsp3) is 0.444. The van der Waals surface area contributed by atoms with Gasteiger partial charge in [-0.2, -0.15) is 4.98 Å². The van der Waals surface area contributed by atoms with Crippen LogP contribution in [0.2, 0.25) is 0 Å². The predicted molar refractivity (Wildman–Crippen MR) is 56.3 cm³/mol. The van der Waals surface area contributed by atoms with E-state index in [0.717, 1.165) is 0 Å². The van der Waals surface area contributed by atoms with Crippen molar-refractivity contribution in [2.24, 2.45) is 0 Å². The second kappa shape index (κ2) is 3.72. The van der Waals surface area contributed by atoms with Crippen LogP contribution in [-0.2, 0) is 4.79 Å². The van der Waals surface area contributed by atoms with E-state index in [2.05, 4.69) is 15.3 Å². The van der Waals surface area contributed by atoms with Crippen molar-refractivity contribution in [3.63, 3.8) is 0 Å². The summed E-state index contributed by atoms with van der Waals surface area (Å²) in [6, 6.07) is 1.37. The molecule has 0 radical (unpaired) electrons. The molecule has 2 rings (SSSR count). The van der Waals surface area contributed by atoms with E-state index in [1.54, 1.807) is 12.3 Å². The van der Waals surface area contributed by atoms with Gasteiger partial charge in [-0.05, 0) is 13.0 Å². The predicted octanol–water partition coefficient (Wildman–Crippen LogP) is -0.617. The summed E-state index contributed by atoms with van der Waals surface area (Å²) >= 11 is 0. The van der Waals surface area contributed by atoms with E-state index >= 15 is 0 Å². The zero-order valence-electron chi connectivity index (χ0n) is 8.47. The third-order valence-corrected chi connectivity index (χ3v) is 2.42. The number of carbonyl (C=O) groups excluding carboxylic acids is 1. The van der Waals surface area contributed by atoms with Gasteiger partial charge < -0.3 is 16.0 Å². The second-order valence-electron chi connectivity index (χ2n) is 3.44. The summed E-state index contributed by atoms with van der Waals surface area (Å²) < 4.78 is 0. The van der Waals surface area contributed by atoms with Crippen LogP contribution in [0.15, 0.2) is 12.3 Å². The fourth-order valence-corrected chi connectivity index (χ4v) is 1.56. The lowest BCUT2D eigenvalue weighted by Gasteiger charge is -2.32. The normalized spacial score (nSPS) is 21.3. The smallest absolute Gasteiger partial charge is 0.242 e. The molecule has 15 heavy (non-hydrogen) atoms. The molecule has 3 N–H and O–H groups in total. The first-order chi connectivity index (χ1) is 7.18. The number of nitrogens with one attached hydrogen (secondary N) is 1. The number of hydrogen-bond donors (Lipinski definition) is 2. The Kier molecular flexibility index (Phi) is 2.40. The summed E-state index contributed by atoms with van der Waals surface area (Å²) in [6.07, 6.45) is 1.59. The molecule has 0 aliphatic carbocycles. The zero-order chi connectivity index (χ0) is 10.8. The van der Waals surface area contributed by atoms with E-state index in [1.165, 1.54) is 0 Å². The molecule has 1 unspecified atom stereocenters. The highest BCUT2D eigenvalue weighted by Crippen LogP contribution is 2.13. The quantitative estimate of drug-likeness (QED) is 0.641. The standard InChI is InChI=1S/C9H13N5O/c1-6-8(15)11-4-5-14(6)9-12-3-2-7(10)13-9/h2-3,6H,4-5H2,1H3,(H,11,15)(H2,10,12,13). The van der Waals surface area contributed by atoms with Crippen molar-refractivity contribution in [1.29, 1.82) is 0 Å². The molecular weight excluding hydrogens is 194 g/mol. The maximum absolute atomic E-state index is 11.4. The minimum Gasteiger partial charge on any atom is -0.384 e. The number of nitrogens with zero attached hydrogens (tertiary/aromatic N) is 3. The van der Waals surface area contributed by atoms with Crippen LogP contribution in [0.4, 0.5) is 11.8 Å². The van der Waals surface area contributed by atoms with Crippen LogP contribution in [0.3, 0.4) is 0 Å². The van der Waals surface area contributed by atoms with Gasteiger partial charge in [-0.3, -0.25) is 4.79 Å². The van der Waals surface area contributed by atoms with E-state index in [-0.39, 0.29) is 11.9 Å². The van der Waals surface area contributed by atoms with Gasteiger partial charge in [0.25, 0.3) is 0 Å². The van der Waals surface area contributed by atoms with Crippen LogP contribution in [0, 0.1) is 0 Å². The summed E-state index contributed by atoms with van der Waals surface area (Å²) in [5, 5.41) is 2.78. The lowest BCUT2D eigenvalue weighted by atomic mass is 10.2. The van der Waals surface area contributed by atoms with E-state index < -0.39 is 0 Å². The minimum absolute atomic E-state index is 0.00715. The maximum Gasteiger partial charge on any atom is 0.242 e. The first kappa shape index (κ1) is 9.70. The average Bonchev–Trinajstić information content (AvgIpc) is 2.22. The zero-order valence-corrected chi connectivity index (χ0v) is 8.47. The van der Waals surface area contributed by atoms with Crippen molar-refractivity contribution in [1.82, 2.24) is 15.3 Å². The van der Waals surface area contributed by atoms with E-state index in [4.69, 9.17) is 5.73 Å². The van der Waals surface area contributed by atoms with Gasteiger partial charge >= 0.3 is 0 Å². The van der Waals surface area contributed by atoms with Gasteiger partial charge in [0, 0.05) is 19.3 Å². The number of piperazine rings is 1. The molecule has 1 atom stereocenters. The minimum atomic E-state index is -0.249. The number of carbonyl (C=O) groups is 1. The molecular formula is C9H13N5O. The maximum atomic E-state index is 11.4. The molecule has 1 amide bonds. The number of rotatable bonds is 1. The average molecular weight is 207 g/mol. The molecule has 1 saturated heterocycles. The Morgan fingerprint density at radius 1 is 1.67 bits per heavy atom. The highest BCUT2D eigenvalue weighted by Gasteiger charge is 2.27. The number of amides is 1. The van der Waals surface area contributed by atoms with Gasteiger partial charge in [0.2, 0.25) is 11.9 Å². The van der Waals surface area contributed by atoms with Gasteiger partial charge in [0.05, 0.1) is 0 Å². The first-order valence-corrected chi connectivity index (χ1v) is 4.81. The summed E-state index contributed by atoms with van der Waals surface area (Å²) in [6.45, 7) is 3.14. The number of hydrogen-bond acceptors (Lipinski definition) is 5. The lowest BCUT2D eigenvalue weighted by molar-refractivity contribution is -0.122. The Morgan fingerprint density at radius 3 is 3.20 bits per heavy atom. The third kappa shape index (κ3) is 1.83. The molecule has 1 aromatic heterocycles. The summed E-state index contributed by atoms with van der Waals surface area (Å²) in [4.78, 5) is 21.5. The molecule has 6 nitrogen and oxygen atoms in total. The van der Waals surface area contributed by atoms with E-state index in [9.17, 15) is 4.79 Å². The first-order valence-electron chi connectivity index (χ1n) is 4.81. The molecule has 1 aliphatic rings. The number of nitrogen functional groups attached to an aromatic ring is 1. The molecule has 2 heterocycles. The molecule has 0 spiro atoms. The van der Waals surface area contributed by atoms with Crippen molar-refractivity contribution in [3.05, 3.63) is 12.3 Å². The van der Waals surface area contributed by atoms with Crippen LogP contribution in [-0.4, -0.2) is 35.0 Å². The van der Waals surface area contributed by atoms with Gasteiger partial charge in [-0.1, -0.05) is 0 Å². The highest BCUT2D eigenvalue weighted by atomic mass is 16.2. The Bertz CT molecular complexity index is 381. The fourth-order valence-electron chi connectivity index (χ4n) is 1.56. The third-order valence-electron chi connectivity index (χ3n) is 2.42. The number of aromatic nitrogens is 2. The number of nitrogens with two attached hydrogens (primary N) is 1. The van der Waals surface area contributed by atoms with Crippen LogP contribution in [0.5, 0.6) is 0 Å². The van der Waals surface area contributed by atoms with Gasteiger partial charge in [0.1, 0.15) is 11.9 Å². The van der Waals surface area contributed by atoms with Crippen molar-refractivity contribution >= 4 is 17.7 Å².